The predicted octanol–water partition coefficient (Wildman–Crippen LogP) is 3.71. The van der Waals surface area contributed by atoms with E-state index in [2.05, 4.69) is 41.6 Å². The number of nitrogen functional groups attached to an aromatic ring is 1. The van der Waals surface area contributed by atoms with Crippen molar-refractivity contribution >= 4 is 5.69 Å². The Morgan fingerprint density at radius 1 is 0.900 bits per heavy atom. The minimum atomic E-state index is 0.574. The molecule has 0 amide bonds. The molecule has 0 bridgehead atoms. The van der Waals surface area contributed by atoms with E-state index in [4.69, 9.17) is 10.3 Å². The zero-order chi connectivity index (χ0) is 13.8. The van der Waals surface area contributed by atoms with E-state index in [0.29, 0.717) is 11.4 Å². The number of aryl methyl sites for hydroxylation is 2. The Labute approximate surface area is 118 Å². The first-order chi connectivity index (χ1) is 9.83. The van der Waals surface area contributed by atoms with Gasteiger partial charge in [-0.3, -0.25) is 0 Å². The Kier molecular flexibility index (Phi) is 3.50. The highest BCUT2D eigenvalue weighted by Gasteiger charge is 2.07. The van der Waals surface area contributed by atoms with Crippen LogP contribution in [0.4, 0.5) is 5.69 Å². The third-order valence-corrected chi connectivity index (χ3v) is 3.34. The fourth-order valence-electron chi connectivity index (χ4n) is 2.27. The van der Waals surface area contributed by atoms with Crippen LogP contribution in [0.3, 0.4) is 0 Å². The smallest absolute Gasteiger partial charge is 0.147 e. The molecule has 1 heterocycles. The highest BCUT2D eigenvalue weighted by molar-refractivity contribution is 5.71. The number of hydrogen-bond donors (Lipinski definition) is 1. The van der Waals surface area contributed by atoms with E-state index >= 15 is 0 Å². The Morgan fingerprint density at radius 3 is 2.40 bits per heavy atom. The molecule has 3 rings (SSSR count). The quantitative estimate of drug-likeness (QED) is 0.781. The summed E-state index contributed by atoms with van der Waals surface area (Å²) in [5, 5.41) is 3.95. The topological polar surface area (TPSA) is 52.0 Å². The maximum Gasteiger partial charge on any atom is 0.147 e. The first kappa shape index (κ1) is 12.5. The molecule has 0 aliphatic rings. The van der Waals surface area contributed by atoms with Crippen molar-refractivity contribution in [2.75, 3.05) is 5.73 Å². The van der Waals surface area contributed by atoms with Crippen LogP contribution in [0.5, 0.6) is 0 Å². The average molecular weight is 264 g/mol. The molecule has 0 radical (unpaired) electrons. The van der Waals surface area contributed by atoms with Gasteiger partial charge in [0.2, 0.25) is 0 Å². The molecule has 0 spiro atoms. The van der Waals surface area contributed by atoms with E-state index in [-0.39, 0.29) is 0 Å². The largest absolute Gasteiger partial charge is 0.394 e. The van der Waals surface area contributed by atoms with Gasteiger partial charge < -0.3 is 10.3 Å². The van der Waals surface area contributed by atoms with Gasteiger partial charge in [0.25, 0.3) is 0 Å². The van der Waals surface area contributed by atoms with Gasteiger partial charge in [-0.05, 0) is 30.0 Å². The van der Waals surface area contributed by atoms with Crippen LogP contribution in [0.1, 0.15) is 11.1 Å². The van der Waals surface area contributed by atoms with Crippen LogP contribution in [-0.2, 0) is 12.8 Å². The van der Waals surface area contributed by atoms with Crippen molar-refractivity contribution in [3.63, 3.8) is 0 Å². The molecular formula is C17H16N2O. The SMILES string of the molecule is Nc1conc1-c1cccc(CCc2ccccc2)c1. The van der Waals surface area contributed by atoms with Crippen LogP contribution in [0.15, 0.2) is 65.4 Å². The van der Waals surface area contributed by atoms with E-state index in [9.17, 15) is 0 Å². The van der Waals surface area contributed by atoms with Crippen LogP contribution >= 0.6 is 0 Å². The monoisotopic (exact) mass is 264 g/mol. The van der Waals surface area contributed by atoms with Gasteiger partial charge >= 0.3 is 0 Å². The second-order valence-electron chi connectivity index (χ2n) is 4.80. The highest BCUT2D eigenvalue weighted by Crippen LogP contribution is 2.25. The summed E-state index contributed by atoms with van der Waals surface area (Å²) in [5.74, 6) is 0. The first-order valence-corrected chi connectivity index (χ1v) is 6.66. The summed E-state index contributed by atoms with van der Waals surface area (Å²) in [7, 11) is 0. The molecule has 0 saturated heterocycles. The van der Waals surface area contributed by atoms with Gasteiger partial charge in [0.15, 0.2) is 0 Å². The number of nitrogens with two attached hydrogens (primary N) is 1. The Balaban J connectivity index is 1.77. The predicted molar refractivity (Wildman–Crippen MR) is 80.2 cm³/mol. The molecule has 100 valence electrons. The van der Waals surface area contributed by atoms with Crippen molar-refractivity contribution in [2.45, 2.75) is 12.8 Å². The lowest BCUT2D eigenvalue weighted by molar-refractivity contribution is 0.422. The zero-order valence-corrected chi connectivity index (χ0v) is 11.1. The van der Waals surface area contributed by atoms with Crippen LogP contribution in [0.25, 0.3) is 11.3 Å². The fraction of sp³-hybridized carbons (Fsp3) is 0.118. The normalized spacial score (nSPS) is 10.6. The van der Waals surface area contributed by atoms with Gasteiger partial charge in [-0.15, -0.1) is 0 Å². The van der Waals surface area contributed by atoms with Gasteiger partial charge in [-0.25, -0.2) is 0 Å². The maximum atomic E-state index is 5.83. The minimum absolute atomic E-state index is 0.574. The number of anilines is 1. The minimum Gasteiger partial charge on any atom is -0.394 e. The van der Waals surface area contributed by atoms with Crippen molar-refractivity contribution in [3.05, 3.63) is 72.0 Å². The number of aromatic nitrogens is 1. The van der Waals surface area contributed by atoms with Crippen LogP contribution in [-0.4, -0.2) is 5.16 Å². The number of benzene rings is 2. The summed E-state index contributed by atoms with van der Waals surface area (Å²) in [4.78, 5) is 0. The zero-order valence-electron chi connectivity index (χ0n) is 11.1. The molecule has 0 fully saturated rings. The van der Waals surface area contributed by atoms with Crippen molar-refractivity contribution < 1.29 is 4.52 Å². The fourth-order valence-corrected chi connectivity index (χ4v) is 2.27. The molecule has 0 aliphatic heterocycles. The van der Waals surface area contributed by atoms with Crippen molar-refractivity contribution in [1.29, 1.82) is 0 Å². The summed E-state index contributed by atoms with van der Waals surface area (Å²) < 4.78 is 4.89. The molecule has 0 saturated carbocycles. The molecule has 3 aromatic rings. The molecule has 0 unspecified atom stereocenters. The third kappa shape index (κ3) is 2.72. The summed E-state index contributed by atoms with van der Waals surface area (Å²) in [6, 6.07) is 18.8. The lowest BCUT2D eigenvalue weighted by atomic mass is 10.0. The number of hydrogen-bond acceptors (Lipinski definition) is 3. The third-order valence-electron chi connectivity index (χ3n) is 3.34. The van der Waals surface area contributed by atoms with Gasteiger partial charge in [0.1, 0.15) is 17.6 Å². The van der Waals surface area contributed by atoms with Crippen LogP contribution in [0.2, 0.25) is 0 Å². The lowest BCUT2D eigenvalue weighted by Gasteiger charge is -2.04. The van der Waals surface area contributed by atoms with Crippen molar-refractivity contribution in [1.82, 2.24) is 5.16 Å². The lowest BCUT2D eigenvalue weighted by Crippen LogP contribution is -1.92. The maximum absolute atomic E-state index is 5.83. The summed E-state index contributed by atoms with van der Waals surface area (Å²) in [5.41, 5.74) is 10.7. The summed E-state index contributed by atoms with van der Waals surface area (Å²) >= 11 is 0. The summed E-state index contributed by atoms with van der Waals surface area (Å²) in [6.45, 7) is 0. The molecule has 2 N–H and O–H groups in total. The average Bonchev–Trinajstić information content (AvgIpc) is 2.93. The summed E-state index contributed by atoms with van der Waals surface area (Å²) in [6.07, 6.45) is 3.49. The molecular weight excluding hydrogens is 248 g/mol. The van der Waals surface area contributed by atoms with Gasteiger partial charge in [-0.1, -0.05) is 53.7 Å². The van der Waals surface area contributed by atoms with E-state index in [0.717, 1.165) is 18.4 Å². The van der Waals surface area contributed by atoms with E-state index in [1.807, 2.05) is 18.2 Å². The van der Waals surface area contributed by atoms with Gasteiger partial charge in [0.05, 0.1) is 0 Å². The molecule has 0 aliphatic carbocycles. The molecule has 3 nitrogen and oxygen atoms in total. The molecule has 3 heteroatoms. The number of nitrogens with zero attached hydrogens (tertiary/aromatic N) is 1. The number of rotatable bonds is 4. The van der Waals surface area contributed by atoms with Gasteiger partial charge in [0, 0.05) is 5.56 Å². The first-order valence-electron chi connectivity index (χ1n) is 6.66. The highest BCUT2D eigenvalue weighted by atomic mass is 16.5. The van der Waals surface area contributed by atoms with Crippen LogP contribution < -0.4 is 5.73 Å². The van der Waals surface area contributed by atoms with E-state index < -0.39 is 0 Å². The van der Waals surface area contributed by atoms with Crippen molar-refractivity contribution in [3.8, 4) is 11.3 Å². The Hall–Kier alpha value is -2.55. The second kappa shape index (κ2) is 5.61. The molecule has 0 atom stereocenters. The van der Waals surface area contributed by atoms with Gasteiger partial charge in [-0.2, -0.15) is 0 Å². The van der Waals surface area contributed by atoms with E-state index in [1.165, 1.54) is 17.4 Å². The second-order valence-corrected chi connectivity index (χ2v) is 4.80. The van der Waals surface area contributed by atoms with E-state index in [1.54, 1.807) is 0 Å². The molecule has 1 aromatic heterocycles. The Morgan fingerprint density at radius 2 is 1.65 bits per heavy atom. The standard InChI is InChI=1S/C17H16N2O/c18-16-12-20-19-17(16)15-8-4-7-14(11-15)10-9-13-5-2-1-3-6-13/h1-8,11-12H,9-10,18H2. The molecule has 2 aromatic carbocycles. The molecule has 20 heavy (non-hydrogen) atoms. The Bertz CT molecular complexity index is 689. The van der Waals surface area contributed by atoms with Crippen LogP contribution in [0, 0.1) is 0 Å². The van der Waals surface area contributed by atoms with Crippen molar-refractivity contribution in [2.24, 2.45) is 0 Å².